The van der Waals surface area contributed by atoms with Crippen LogP contribution in [-0.4, -0.2) is 11.1 Å². The monoisotopic (exact) mass is 274 g/mol. The number of alkyl halides is 2. The summed E-state index contributed by atoms with van der Waals surface area (Å²) in [5.74, 6) is -1.10. The molecule has 20 heavy (non-hydrogen) atoms. The van der Waals surface area contributed by atoms with E-state index in [1.165, 1.54) is 24.3 Å². The molecular weight excluding hydrogens is 262 g/mol. The van der Waals surface area contributed by atoms with Crippen molar-refractivity contribution in [2.24, 2.45) is 0 Å². The number of carbonyl (C=O) groups is 1. The van der Waals surface area contributed by atoms with Gasteiger partial charge in [0.1, 0.15) is 0 Å². The van der Waals surface area contributed by atoms with Crippen LogP contribution in [0.4, 0.5) is 8.78 Å². The van der Waals surface area contributed by atoms with Crippen molar-refractivity contribution >= 4 is 17.6 Å². The molecule has 4 heteroatoms. The first-order valence-corrected chi connectivity index (χ1v) is 5.96. The zero-order valence-electron chi connectivity index (χ0n) is 10.5. The molecule has 0 saturated heterocycles. The summed E-state index contributed by atoms with van der Waals surface area (Å²) in [6.45, 7) is 0. The Morgan fingerprint density at radius 3 is 2.35 bits per heavy atom. The van der Waals surface area contributed by atoms with E-state index >= 15 is 0 Å². The van der Waals surface area contributed by atoms with Crippen LogP contribution in [-0.2, 0) is 4.79 Å². The Morgan fingerprint density at radius 1 is 1.05 bits per heavy atom. The molecule has 0 aromatic heterocycles. The molecule has 1 N–H and O–H groups in total. The number of halogens is 2. The number of carboxylic acids is 1. The summed E-state index contributed by atoms with van der Waals surface area (Å²) in [6, 6.07) is 14.2. The summed E-state index contributed by atoms with van der Waals surface area (Å²) in [6.07, 6.45) is -1.18. The van der Waals surface area contributed by atoms with Crippen LogP contribution in [0.25, 0.3) is 11.6 Å². The zero-order chi connectivity index (χ0) is 14.5. The van der Waals surface area contributed by atoms with Crippen molar-refractivity contribution in [3.63, 3.8) is 0 Å². The third-order valence-corrected chi connectivity index (χ3v) is 2.79. The van der Waals surface area contributed by atoms with Crippen LogP contribution in [0.1, 0.15) is 23.1 Å². The van der Waals surface area contributed by atoms with Crippen molar-refractivity contribution in [3.05, 3.63) is 71.3 Å². The van der Waals surface area contributed by atoms with Crippen LogP contribution in [0.3, 0.4) is 0 Å². The van der Waals surface area contributed by atoms with Gasteiger partial charge in [-0.15, -0.1) is 0 Å². The molecule has 0 unspecified atom stereocenters. The van der Waals surface area contributed by atoms with Gasteiger partial charge in [-0.3, -0.25) is 0 Å². The van der Waals surface area contributed by atoms with Gasteiger partial charge in [0.2, 0.25) is 0 Å². The van der Waals surface area contributed by atoms with Gasteiger partial charge in [0.05, 0.1) is 5.57 Å². The molecule has 0 radical (unpaired) electrons. The number of carboxylic acid groups (broad SMARTS) is 1. The second kappa shape index (κ2) is 6.10. The predicted octanol–water partition coefficient (Wildman–Crippen LogP) is 4.25. The van der Waals surface area contributed by atoms with Crippen LogP contribution in [0.15, 0.2) is 54.6 Å². The largest absolute Gasteiger partial charge is 0.478 e. The van der Waals surface area contributed by atoms with Gasteiger partial charge in [-0.25, -0.2) is 13.6 Å². The number of hydrogen-bond acceptors (Lipinski definition) is 1. The molecule has 0 amide bonds. The van der Waals surface area contributed by atoms with Gasteiger partial charge in [0, 0.05) is 5.56 Å². The topological polar surface area (TPSA) is 37.3 Å². The Labute approximate surface area is 115 Å². The standard InChI is InChI=1S/C16H12F2O2/c17-15(18)13-8-4-5-11(9-13)10-14(16(19)20)12-6-2-1-3-7-12/h1-10,15H,(H,19,20)/b14-10+. The van der Waals surface area contributed by atoms with Crippen LogP contribution in [0.5, 0.6) is 0 Å². The summed E-state index contributed by atoms with van der Waals surface area (Å²) >= 11 is 0. The van der Waals surface area contributed by atoms with Crippen molar-refractivity contribution in [1.82, 2.24) is 0 Å². The molecule has 0 aliphatic heterocycles. The maximum absolute atomic E-state index is 12.6. The number of aliphatic carboxylic acids is 1. The van der Waals surface area contributed by atoms with E-state index in [9.17, 15) is 18.7 Å². The van der Waals surface area contributed by atoms with Gasteiger partial charge >= 0.3 is 5.97 Å². The van der Waals surface area contributed by atoms with E-state index in [2.05, 4.69) is 0 Å². The molecule has 0 aliphatic carbocycles. The lowest BCUT2D eigenvalue weighted by atomic mass is 10.0. The summed E-state index contributed by atoms with van der Waals surface area (Å²) < 4.78 is 25.3. The highest BCUT2D eigenvalue weighted by molar-refractivity contribution is 6.20. The van der Waals surface area contributed by atoms with Gasteiger partial charge in [-0.1, -0.05) is 48.5 Å². The minimum atomic E-state index is -2.58. The van der Waals surface area contributed by atoms with E-state index in [1.54, 1.807) is 36.4 Å². The van der Waals surface area contributed by atoms with Crippen LogP contribution < -0.4 is 0 Å². The van der Waals surface area contributed by atoms with E-state index in [4.69, 9.17) is 0 Å². The van der Waals surface area contributed by atoms with Gasteiger partial charge in [0.15, 0.2) is 0 Å². The SMILES string of the molecule is O=C(O)/C(=C/c1cccc(C(F)F)c1)c1ccccc1. The minimum Gasteiger partial charge on any atom is -0.478 e. The molecule has 0 spiro atoms. The Kier molecular flexibility index (Phi) is 4.25. The lowest BCUT2D eigenvalue weighted by molar-refractivity contribution is -0.130. The fraction of sp³-hybridized carbons (Fsp3) is 0.0625. The summed E-state index contributed by atoms with van der Waals surface area (Å²) in [5.41, 5.74) is 0.903. The van der Waals surface area contributed by atoms with Crippen molar-refractivity contribution in [2.75, 3.05) is 0 Å². The van der Waals surface area contributed by atoms with Crippen LogP contribution in [0, 0.1) is 0 Å². The Balaban J connectivity index is 2.45. The molecule has 0 aliphatic rings. The van der Waals surface area contributed by atoms with E-state index in [0.29, 0.717) is 11.1 Å². The molecule has 0 fully saturated rings. The lowest BCUT2D eigenvalue weighted by Crippen LogP contribution is -1.99. The average molecular weight is 274 g/mol. The molecular formula is C16H12F2O2. The first kappa shape index (κ1) is 13.9. The summed E-state index contributed by atoms with van der Waals surface area (Å²) in [5, 5.41) is 9.25. The number of hydrogen-bond donors (Lipinski definition) is 1. The van der Waals surface area contributed by atoms with E-state index < -0.39 is 12.4 Å². The first-order chi connectivity index (χ1) is 9.58. The molecule has 0 heterocycles. The van der Waals surface area contributed by atoms with E-state index in [1.807, 2.05) is 0 Å². The molecule has 102 valence electrons. The van der Waals surface area contributed by atoms with E-state index in [-0.39, 0.29) is 11.1 Å². The molecule has 0 saturated carbocycles. The molecule has 2 nitrogen and oxygen atoms in total. The molecule has 2 aromatic carbocycles. The fourth-order valence-corrected chi connectivity index (χ4v) is 1.84. The van der Waals surface area contributed by atoms with Crippen LogP contribution in [0.2, 0.25) is 0 Å². The lowest BCUT2D eigenvalue weighted by Gasteiger charge is -2.04. The molecule has 2 rings (SSSR count). The Morgan fingerprint density at radius 2 is 1.75 bits per heavy atom. The molecule has 2 aromatic rings. The van der Waals surface area contributed by atoms with Crippen molar-refractivity contribution in [2.45, 2.75) is 6.43 Å². The third-order valence-electron chi connectivity index (χ3n) is 2.79. The Bertz CT molecular complexity index is 634. The summed E-state index contributed by atoms with van der Waals surface area (Å²) in [7, 11) is 0. The van der Waals surface area contributed by atoms with Crippen molar-refractivity contribution in [1.29, 1.82) is 0 Å². The van der Waals surface area contributed by atoms with Crippen LogP contribution >= 0.6 is 0 Å². The Hall–Kier alpha value is -2.49. The van der Waals surface area contributed by atoms with E-state index in [0.717, 1.165) is 0 Å². The minimum absolute atomic E-state index is 0.0667. The van der Waals surface area contributed by atoms with Gasteiger partial charge in [-0.05, 0) is 23.3 Å². The average Bonchev–Trinajstić information content (AvgIpc) is 2.45. The van der Waals surface area contributed by atoms with Gasteiger partial charge in [-0.2, -0.15) is 0 Å². The van der Waals surface area contributed by atoms with Gasteiger partial charge in [0.25, 0.3) is 6.43 Å². The van der Waals surface area contributed by atoms with Crippen molar-refractivity contribution < 1.29 is 18.7 Å². The normalized spacial score (nSPS) is 11.7. The highest BCUT2D eigenvalue weighted by Crippen LogP contribution is 2.23. The third kappa shape index (κ3) is 3.29. The predicted molar refractivity (Wildman–Crippen MR) is 73.3 cm³/mol. The smallest absolute Gasteiger partial charge is 0.336 e. The first-order valence-electron chi connectivity index (χ1n) is 5.96. The quantitative estimate of drug-likeness (QED) is 0.668. The number of benzene rings is 2. The second-order valence-electron chi connectivity index (χ2n) is 4.20. The van der Waals surface area contributed by atoms with Crippen molar-refractivity contribution in [3.8, 4) is 0 Å². The summed E-state index contributed by atoms with van der Waals surface area (Å²) in [4.78, 5) is 11.3. The number of rotatable bonds is 4. The fourth-order valence-electron chi connectivity index (χ4n) is 1.84. The van der Waals surface area contributed by atoms with Gasteiger partial charge < -0.3 is 5.11 Å². The maximum Gasteiger partial charge on any atom is 0.336 e. The molecule has 0 bridgehead atoms. The highest BCUT2D eigenvalue weighted by Gasteiger charge is 2.11. The zero-order valence-corrected chi connectivity index (χ0v) is 10.5. The molecule has 0 atom stereocenters. The second-order valence-corrected chi connectivity index (χ2v) is 4.20. The highest BCUT2D eigenvalue weighted by atomic mass is 19.3. The maximum atomic E-state index is 12.6.